The van der Waals surface area contributed by atoms with Gasteiger partial charge in [0, 0.05) is 49.8 Å². The number of hydrogen-bond donors (Lipinski definition) is 1. The summed E-state index contributed by atoms with van der Waals surface area (Å²) in [5, 5.41) is 0.666. The van der Waals surface area contributed by atoms with Gasteiger partial charge in [0.15, 0.2) is 5.13 Å². The summed E-state index contributed by atoms with van der Waals surface area (Å²) in [7, 11) is 0. The summed E-state index contributed by atoms with van der Waals surface area (Å²) in [4.78, 5) is 10.4. The maximum atomic E-state index is 5.65. The Balaban J connectivity index is 0.00000120. The summed E-state index contributed by atoms with van der Waals surface area (Å²) >= 11 is 1.59. The zero-order chi connectivity index (χ0) is 11.7. The molecule has 7 heteroatoms. The van der Waals surface area contributed by atoms with Gasteiger partial charge in [0.25, 0.3) is 0 Å². The number of aromatic nitrogens is 1. The van der Waals surface area contributed by atoms with Gasteiger partial charge in [0.05, 0.1) is 13.2 Å². The van der Waals surface area contributed by atoms with Gasteiger partial charge in [-0.15, -0.1) is 23.7 Å². The van der Waals surface area contributed by atoms with Crippen LogP contribution in [-0.2, 0) is 11.3 Å². The molecule has 3 heterocycles. The van der Waals surface area contributed by atoms with Crippen molar-refractivity contribution in [3.8, 4) is 0 Å². The summed E-state index contributed by atoms with van der Waals surface area (Å²) < 4.78 is 5.54. The minimum absolute atomic E-state index is 0. The van der Waals surface area contributed by atoms with Crippen molar-refractivity contribution in [1.29, 1.82) is 0 Å². The van der Waals surface area contributed by atoms with E-state index in [4.69, 9.17) is 10.5 Å². The van der Waals surface area contributed by atoms with E-state index >= 15 is 0 Å². The Hall–Kier alpha value is -0.400. The minimum atomic E-state index is 0. The van der Waals surface area contributed by atoms with E-state index in [1.165, 1.54) is 4.88 Å². The molecule has 18 heavy (non-hydrogen) atoms. The highest BCUT2D eigenvalue weighted by Gasteiger charge is 2.29. The molecule has 2 fully saturated rings. The highest BCUT2D eigenvalue weighted by atomic mass is 35.5. The second-order valence-electron chi connectivity index (χ2n) is 4.66. The van der Waals surface area contributed by atoms with Gasteiger partial charge in [-0.05, 0) is 0 Å². The number of halogens is 1. The van der Waals surface area contributed by atoms with Gasteiger partial charge in [0.1, 0.15) is 0 Å². The zero-order valence-corrected chi connectivity index (χ0v) is 11.9. The van der Waals surface area contributed by atoms with Crippen LogP contribution in [0.3, 0.4) is 0 Å². The molecule has 0 aliphatic carbocycles. The van der Waals surface area contributed by atoms with E-state index in [0.717, 1.165) is 45.9 Å². The van der Waals surface area contributed by atoms with Crippen LogP contribution in [0, 0.1) is 0 Å². The third-order valence-electron chi connectivity index (χ3n) is 3.47. The van der Waals surface area contributed by atoms with Crippen LogP contribution in [-0.4, -0.2) is 60.2 Å². The molecule has 2 aliphatic rings. The molecule has 0 bridgehead atoms. The first kappa shape index (κ1) is 14.0. The standard InChI is InChI=1S/C11H18N4OS.ClH/c12-11-13-5-10(17-11)7-14-1-2-15-3-4-16-8-9(15)6-14;/h5,9H,1-4,6-8H2,(H2,12,13);1H. The zero-order valence-electron chi connectivity index (χ0n) is 10.2. The quantitative estimate of drug-likeness (QED) is 0.867. The Labute approximate surface area is 117 Å². The van der Waals surface area contributed by atoms with Crippen LogP contribution in [0.4, 0.5) is 5.13 Å². The average molecular weight is 291 g/mol. The van der Waals surface area contributed by atoms with E-state index in [1.54, 1.807) is 11.3 Å². The first-order chi connectivity index (χ1) is 8.31. The second-order valence-corrected chi connectivity index (χ2v) is 5.81. The fraction of sp³-hybridized carbons (Fsp3) is 0.727. The lowest BCUT2D eigenvalue weighted by Gasteiger charge is -2.43. The smallest absolute Gasteiger partial charge is 0.180 e. The number of nitrogens with two attached hydrogens (primary N) is 1. The van der Waals surface area contributed by atoms with Crippen molar-refractivity contribution in [1.82, 2.24) is 14.8 Å². The molecule has 2 N–H and O–H groups in total. The van der Waals surface area contributed by atoms with Crippen molar-refractivity contribution in [3.63, 3.8) is 0 Å². The van der Waals surface area contributed by atoms with Crippen molar-refractivity contribution >= 4 is 28.9 Å². The lowest BCUT2D eigenvalue weighted by molar-refractivity contribution is -0.0460. The molecule has 2 aliphatic heterocycles. The van der Waals surface area contributed by atoms with Crippen molar-refractivity contribution < 1.29 is 4.74 Å². The van der Waals surface area contributed by atoms with Crippen LogP contribution in [0.2, 0.25) is 0 Å². The number of piperazine rings is 1. The molecule has 1 unspecified atom stereocenters. The van der Waals surface area contributed by atoms with E-state index in [9.17, 15) is 0 Å². The van der Waals surface area contributed by atoms with Gasteiger partial charge in [-0.25, -0.2) is 4.98 Å². The lowest BCUT2D eigenvalue weighted by atomic mass is 10.1. The molecule has 1 atom stereocenters. The van der Waals surface area contributed by atoms with Gasteiger partial charge in [0.2, 0.25) is 0 Å². The van der Waals surface area contributed by atoms with E-state index in [0.29, 0.717) is 11.2 Å². The number of nitrogens with zero attached hydrogens (tertiary/aromatic N) is 3. The molecule has 2 saturated heterocycles. The monoisotopic (exact) mass is 290 g/mol. The third-order valence-corrected chi connectivity index (χ3v) is 4.28. The number of nitrogen functional groups attached to an aromatic ring is 1. The molecule has 3 rings (SSSR count). The van der Waals surface area contributed by atoms with Gasteiger partial charge in [-0.1, -0.05) is 0 Å². The predicted molar refractivity (Wildman–Crippen MR) is 75.2 cm³/mol. The van der Waals surface area contributed by atoms with Crippen molar-refractivity contribution in [2.24, 2.45) is 0 Å². The normalized spacial score (nSPS) is 25.4. The molecule has 5 nitrogen and oxygen atoms in total. The number of morpholine rings is 1. The first-order valence-electron chi connectivity index (χ1n) is 6.05. The lowest BCUT2D eigenvalue weighted by Crippen LogP contribution is -2.57. The number of ether oxygens (including phenoxy) is 1. The van der Waals surface area contributed by atoms with Crippen molar-refractivity contribution in [2.75, 3.05) is 45.1 Å². The molecule has 0 radical (unpaired) electrons. The fourth-order valence-electron chi connectivity index (χ4n) is 2.57. The van der Waals surface area contributed by atoms with Crippen molar-refractivity contribution in [3.05, 3.63) is 11.1 Å². The molecule has 0 saturated carbocycles. The van der Waals surface area contributed by atoms with E-state index in [-0.39, 0.29) is 12.4 Å². The van der Waals surface area contributed by atoms with Crippen LogP contribution >= 0.6 is 23.7 Å². The van der Waals surface area contributed by atoms with Crippen LogP contribution in [0.25, 0.3) is 0 Å². The fourth-order valence-corrected chi connectivity index (χ4v) is 3.30. The number of fused-ring (bicyclic) bond motifs is 1. The molecule has 1 aromatic rings. The molecule has 102 valence electrons. The highest BCUT2D eigenvalue weighted by Crippen LogP contribution is 2.20. The van der Waals surface area contributed by atoms with E-state index in [2.05, 4.69) is 14.8 Å². The Morgan fingerprint density at radius 3 is 3.11 bits per heavy atom. The van der Waals surface area contributed by atoms with Crippen LogP contribution < -0.4 is 5.73 Å². The van der Waals surface area contributed by atoms with Gasteiger partial charge in [-0.3, -0.25) is 9.80 Å². The molecule has 0 spiro atoms. The molecule has 1 aromatic heterocycles. The number of hydrogen-bond acceptors (Lipinski definition) is 6. The molecule has 0 aromatic carbocycles. The maximum absolute atomic E-state index is 5.65. The topological polar surface area (TPSA) is 54.6 Å². The third kappa shape index (κ3) is 3.13. The summed E-state index contributed by atoms with van der Waals surface area (Å²) in [6.07, 6.45) is 1.89. The Morgan fingerprint density at radius 2 is 2.33 bits per heavy atom. The second kappa shape index (κ2) is 6.16. The van der Waals surface area contributed by atoms with Crippen LogP contribution in [0.1, 0.15) is 4.88 Å². The maximum Gasteiger partial charge on any atom is 0.180 e. The Kier molecular flexibility index (Phi) is 4.80. The highest BCUT2D eigenvalue weighted by molar-refractivity contribution is 7.15. The van der Waals surface area contributed by atoms with Crippen LogP contribution in [0.15, 0.2) is 6.20 Å². The van der Waals surface area contributed by atoms with E-state index < -0.39 is 0 Å². The minimum Gasteiger partial charge on any atom is -0.378 e. The average Bonchev–Trinajstić information content (AvgIpc) is 2.75. The summed E-state index contributed by atoms with van der Waals surface area (Å²) in [5.41, 5.74) is 5.65. The molecule has 0 amide bonds. The summed E-state index contributed by atoms with van der Waals surface area (Å²) in [6.45, 7) is 7.21. The van der Waals surface area contributed by atoms with Crippen LogP contribution in [0.5, 0.6) is 0 Å². The number of anilines is 1. The summed E-state index contributed by atoms with van der Waals surface area (Å²) in [6, 6.07) is 0.572. The first-order valence-corrected chi connectivity index (χ1v) is 6.87. The van der Waals surface area contributed by atoms with Crippen molar-refractivity contribution in [2.45, 2.75) is 12.6 Å². The van der Waals surface area contributed by atoms with Gasteiger partial charge >= 0.3 is 0 Å². The largest absolute Gasteiger partial charge is 0.378 e. The van der Waals surface area contributed by atoms with E-state index in [1.807, 2.05) is 6.20 Å². The summed E-state index contributed by atoms with van der Waals surface area (Å²) in [5.74, 6) is 0. The number of thiazole rings is 1. The Bertz CT molecular complexity index is 389. The molecular formula is C11H19ClN4OS. The predicted octanol–water partition coefficient (Wildman–Crippen LogP) is 0.663. The number of rotatable bonds is 2. The SMILES string of the molecule is Cl.Nc1ncc(CN2CCN3CCOCC3C2)s1. The Morgan fingerprint density at radius 1 is 1.44 bits per heavy atom. The molecular weight excluding hydrogens is 272 g/mol. The van der Waals surface area contributed by atoms with Gasteiger partial charge < -0.3 is 10.5 Å². The van der Waals surface area contributed by atoms with Gasteiger partial charge in [-0.2, -0.15) is 0 Å².